The van der Waals surface area contributed by atoms with Crippen LogP contribution in [0.25, 0.3) is 0 Å². The average molecular weight is 462 g/mol. The number of esters is 1. The Morgan fingerprint density at radius 1 is 0.848 bits per heavy atom. The Morgan fingerprint density at radius 3 is 1.73 bits per heavy atom. The van der Waals surface area contributed by atoms with Gasteiger partial charge in [-0.2, -0.15) is 0 Å². The molecule has 3 aromatic carbocycles. The van der Waals surface area contributed by atoms with Gasteiger partial charge < -0.3 is 9.16 Å². The molecular weight excluding hydrogens is 426 g/mol. The van der Waals surface area contributed by atoms with Crippen LogP contribution in [-0.4, -0.2) is 46.0 Å². The Bertz CT molecular complexity index is 964. The summed E-state index contributed by atoms with van der Waals surface area (Å²) in [6.07, 6.45) is 0. The number of carbonyl (C=O) groups excluding carboxylic acids is 1. The zero-order valence-corrected chi connectivity index (χ0v) is 21.3. The van der Waals surface area contributed by atoms with Crippen LogP contribution in [0.5, 0.6) is 0 Å². The van der Waals surface area contributed by atoms with Crippen LogP contribution in [0.1, 0.15) is 26.3 Å². The summed E-state index contributed by atoms with van der Waals surface area (Å²) in [5.74, 6) is -0.286. The van der Waals surface area contributed by atoms with Crippen molar-refractivity contribution in [1.82, 2.24) is 4.90 Å². The molecule has 0 bridgehead atoms. The molecule has 33 heavy (non-hydrogen) atoms. The van der Waals surface area contributed by atoms with Crippen molar-refractivity contribution in [1.29, 1.82) is 0 Å². The molecule has 0 aliphatic heterocycles. The molecule has 174 valence electrons. The smallest absolute Gasteiger partial charge is 0.325 e. The normalized spacial score (nSPS) is 13.0. The predicted octanol–water partition coefficient (Wildman–Crippen LogP) is 4.24. The summed E-state index contributed by atoms with van der Waals surface area (Å²) in [5, 5.41) is 2.23. The van der Waals surface area contributed by atoms with E-state index in [0.29, 0.717) is 6.54 Å². The summed E-state index contributed by atoms with van der Waals surface area (Å²) < 4.78 is 12.2. The molecular formula is C28H35NO3Si. The van der Waals surface area contributed by atoms with Crippen molar-refractivity contribution in [2.45, 2.75) is 38.4 Å². The maximum Gasteiger partial charge on any atom is 0.325 e. The molecule has 4 nitrogen and oxygen atoms in total. The third-order valence-electron chi connectivity index (χ3n) is 6.15. The van der Waals surface area contributed by atoms with Gasteiger partial charge in [0.15, 0.2) is 0 Å². The number of ether oxygens (including phenoxy) is 1. The lowest BCUT2D eigenvalue weighted by Gasteiger charge is -2.44. The minimum atomic E-state index is -2.74. The summed E-state index contributed by atoms with van der Waals surface area (Å²) in [4.78, 5) is 14.9. The highest BCUT2D eigenvalue weighted by Crippen LogP contribution is 2.37. The number of carbonyl (C=O) groups is 1. The first kappa shape index (κ1) is 24.9. The molecule has 0 saturated carbocycles. The lowest BCUT2D eigenvalue weighted by atomic mass is 10.2. The fraction of sp³-hybridized carbons (Fsp3) is 0.321. The Labute approximate surface area is 199 Å². The molecule has 3 rings (SSSR count). The van der Waals surface area contributed by atoms with Gasteiger partial charge in [0.1, 0.15) is 6.04 Å². The van der Waals surface area contributed by atoms with Crippen molar-refractivity contribution in [3.05, 3.63) is 96.6 Å². The quantitative estimate of drug-likeness (QED) is 0.353. The topological polar surface area (TPSA) is 38.8 Å². The Hall–Kier alpha value is -2.73. The highest BCUT2D eigenvalue weighted by atomic mass is 28.4. The standard InChI is InChI=1S/C28H35NO3Si/c1-28(2,3)33(24-17-11-7-12-18-24,25-19-13-8-14-20-25)32-22-26(27(30)31-5)29(4)21-23-15-9-6-10-16-23/h6-20,26H,21-22H2,1-5H3. The van der Waals surface area contributed by atoms with Gasteiger partial charge in [0.05, 0.1) is 13.7 Å². The summed E-state index contributed by atoms with van der Waals surface area (Å²) in [6.45, 7) is 7.59. The van der Waals surface area contributed by atoms with Crippen molar-refractivity contribution >= 4 is 24.7 Å². The Morgan fingerprint density at radius 2 is 1.30 bits per heavy atom. The molecule has 0 N–H and O–H groups in total. The van der Waals surface area contributed by atoms with E-state index in [9.17, 15) is 4.79 Å². The largest absolute Gasteiger partial charge is 0.468 e. The molecule has 5 heteroatoms. The molecule has 0 heterocycles. The number of rotatable bonds is 9. The lowest BCUT2D eigenvalue weighted by Crippen LogP contribution is -2.67. The zero-order chi connectivity index (χ0) is 23.9. The summed E-state index contributed by atoms with van der Waals surface area (Å²) in [6, 6.07) is 30.6. The number of methoxy groups -OCH3 is 1. The van der Waals surface area contributed by atoms with E-state index in [0.717, 1.165) is 5.56 Å². The third-order valence-corrected chi connectivity index (χ3v) is 11.2. The second kappa shape index (κ2) is 10.9. The van der Waals surface area contributed by atoms with E-state index in [1.807, 2.05) is 42.3 Å². The van der Waals surface area contributed by atoms with E-state index in [2.05, 4.69) is 81.4 Å². The van der Waals surface area contributed by atoms with Crippen molar-refractivity contribution in [2.24, 2.45) is 0 Å². The monoisotopic (exact) mass is 461 g/mol. The SMILES string of the molecule is COC(=O)C(CO[Si](c1ccccc1)(c1ccccc1)C(C)(C)C)N(C)Cc1ccccc1. The van der Waals surface area contributed by atoms with E-state index in [-0.39, 0.29) is 17.6 Å². The maximum atomic E-state index is 12.9. The highest BCUT2D eigenvalue weighted by Gasteiger charge is 2.50. The van der Waals surface area contributed by atoms with E-state index >= 15 is 0 Å². The van der Waals surface area contributed by atoms with Crippen LogP contribution in [0.2, 0.25) is 5.04 Å². The van der Waals surface area contributed by atoms with Crippen LogP contribution in [0.4, 0.5) is 0 Å². The van der Waals surface area contributed by atoms with Crippen LogP contribution in [0.15, 0.2) is 91.0 Å². The molecule has 0 amide bonds. The molecule has 0 fully saturated rings. The molecule has 3 aromatic rings. The number of hydrogen-bond donors (Lipinski definition) is 0. The molecule has 0 aromatic heterocycles. The van der Waals surface area contributed by atoms with Gasteiger partial charge in [0.2, 0.25) is 0 Å². The van der Waals surface area contributed by atoms with Crippen molar-refractivity contribution in [2.75, 3.05) is 20.8 Å². The van der Waals surface area contributed by atoms with E-state index in [4.69, 9.17) is 9.16 Å². The van der Waals surface area contributed by atoms with Gasteiger partial charge in [-0.05, 0) is 28.0 Å². The molecule has 0 radical (unpaired) electrons. The van der Waals surface area contributed by atoms with Crippen molar-refractivity contribution in [3.8, 4) is 0 Å². The van der Waals surface area contributed by atoms with Crippen LogP contribution in [0.3, 0.4) is 0 Å². The average Bonchev–Trinajstić information content (AvgIpc) is 2.82. The second-order valence-corrected chi connectivity index (χ2v) is 13.7. The Balaban J connectivity index is 1.99. The number of benzene rings is 3. The first-order valence-corrected chi connectivity index (χ1v) is 13.3. The van der Waals surface area contributed by atoms with Gasteiger partial charge in [-0.3, -0.25) is 9.69 Å². The maximum absolute atomic E-state index is 12.9. The highest BCUT2D eigenvalue weighted by molar-refractivity contribution is 6.99. The Kier molecular flexibility index (Phi) is 8.24. The number of nitrogens with zero attached hydrogens (tertiary/aromatic N) is 1. The molecule has 1 atom stereocenters. The van der Waals surface area contributed by atoms with Crippen LogP contribution in [-0.2, 0) is 20.5 Å². The summed E-state index contributed by atoms with van der Waals surface area (Å²) >= 11 is 0. The van der Waals surface area contributed by atoms with Crippen molar-refractivity contribution < 1.29 is 14.0 Å². The van der Waals surface area contributed by atoms with Gasteiger partial charge in [0.25, 0.3) is 8.32 Å². The van der Waals surface area contributed by atoms with E-state index < -0.39 is 14.4 Å². The summed E-state index contributed by atoms with van der Waals surface area (Å²) in [7, 11) is 0.644. The first-order chi connectivity index (χ1) is 15.8. The molecule has 1 unspecified atom stereocenters. The predicted molar refractivity (Wildman–Crippen MR) is 137 cm³/mol. The molecule has 0 spiro atoms. The molecule has 0 aliphatic rings. The summed E-state index contributed by atoms with van der Waals surface area (Å²) in [5.41, 5.74) is 1.14. The van der Waals surface area contributed by atoms with Crippen molar-refractivity contribution in [3.63, 3.8) is 0 Å². The number of likely N-dealkylation sites (N-methyl/N-ethyl adjacent to an activating group) is 1. The van der Waals surface area contributed by atoms with Crippen LogP contribution in [0, 0.1) is 0 Å². The van der Waals surface area contributed by atoms with Crippen LogP contribution >= 0.6 is 0 Å². The minimum absolute atomic E-state index is 0.158. The fourth-order valence-corrected chi connectivity index (χ4v) is 9.02. The number of hydrogen-bond acceptors (Lipinski definition) is 4. The van der Waals surface area contributed by atoms with Gasteiger partial charge in [-0.15, -0.1) is 0 Å². The van der Waals surface area contributed by atoms with Gasteiger partial charge in [0, 0.05) is 6.54 Å². The first-order valence-electron chi connectivity index (χ1n) is 11.4. The minimum Gasteiger partial charge on any atom is -0.468 e. The molecule has 0 aliphatic carbocycles. The molecule has 0 saturated heterocycles. The fourth-order valence-electron chi connectivity index (χ4n) is 4.46. The zero-order valence-electron chi connectivity index (χ0n) is 20.3. The lowest BCUT2D eigenvalue weighted by molar-refractivity contribution is -0.147. The van der Waals surface area contributed by atoms with Gasteiger partial charge >= 0.3 is 5.97 Å². The second-order valence-electron chi connectivity index (χ2n) is 9.41. The van der Waals surface area contributed by atoms with E-state index in [1.54, 1.807) is 0 Å². The van der Waals surface area contributed by atoms with Crippen LogP contribution < -0.4 is 10.4 Å². The van der Waals surface area contributed by atoms with Gasteiger partial charge in [-0.25, -0.2) is 0 Å². The third kappa shape index (κ3) is 5.61. The van der Waals surface area contributed by atoms with E-state index in [1.165, 1.54) is 17.5 Å². The van der Waals surface area contributed by atoms with Gasteiger partial charge in [-0.1, -0.05) is 112 Å².